The Morgan fingerprint density at radius 1 is 1.47 bits per heavy atom. The zero-order valence-electron chi connectivity index (χ0n) is 11.2. The summed E-state index contributed by atoms with van der Waals surface area (Å²) in [4.78, 5) is 14.3. The molecule has 0 fully saturated rings. The quantitative estimate of drug-likeness (QED) is 0.530. The van der Waals surface area contributed by atoms with Crippen LogP contribution < -0.4 is 5.73 Å². The van der Waals surface area contributed by atoms with Gasteiger partial charge in [0.1, 0.15) is 6.04 Å². The first-order valence-corrected chi connectivity index (χ1v) is 6.51. The summed E-state index contributed by atoms with van der Waals surface area (Å²) in [5.74, 6) is -0.0595. The summed E-state index contributed by atoms with van der Waals surface area (Å²) in [6.07, 6.45) is 1.73. The number of hydrogen-bond donors (Lipinski definition) is 1. The van der Waals surface area contributed by atoms with Crippen LogP contribution in [0.3, 0.4) is 0 Å². The fourth-order valence-corrected chi connectivity index (χ4v) is 1.75. The molecule has 0 heterocycles. The lowest BCUT2D eigenvalue weighted by Crippen LogP contribution is -2.43. The van der Waals surface area contributed by atoms with E-state index >= 15 is 0 Å². The van der Waals surface area contributed by atoms with Gasteiger partial charge in [-0.25, -0.2) is 0 Å². The first-order chi connectivity index (χ1) is 7.93. The average molecular weight is 260 g/mol. The first-order valence-electron chi connectivity index (χ1n) is 6.10. The zero-order chi connectivity index (χ0) is 13.4. The lowest BCUT2D eigenvalue weighted by Gasteiger charge is -2.28. The van der Waals surface area contributed by atoms with Crippen molar-refractivity contribution >= 4 is 23.2 Å². The van der Waals surface area contributed by atoms with E-state index in [1.807, 2.05) is 25.8 Å². The molecule has 0 bridgehead atoms. The molecule has 0 saturated carbocycles. The van der Waals surface area contributed by atoms with Crippen LogP contribution in [0.25, 0.3) is 0 Å². The number of nitrogens with zero attached hydrogens (tertiary/aromatic N) is 1. The summed E-state index contributed by atoms with van der Waals surface area (Å²) >= 11 is 4.94. The van der Waals surface area contributed by atoms with Gasteiger partial charge < -0.3 is 10.5 Å². The van der Waals surface area contributed by atoms with Crippen molar-refractivity contribution in [3.63, 3.8) is 0 Å². The Kier molecular flexibility index (Phi) is 8.08. The largest absolute Gasteiger partial charge is 0.465 e. The van der Waals surface area contributed by atoms with Crippen LogP contribution in [0.2, 0.25) is 0 Å². The number of carbonyl (C=O) groups is 1. The summed E-state index contributed by atoms with van der Waals surface area (Å²) in [6.45, 7) is 6.93. The van der Waals surface area contributed by atoms with Gasteiger partial charge in [0.25, 0.3) is 0 Å². The van der Waals surface area contributed by atoms with Gasteiger partial charge >= 0.3 is 5.97 Å². The topological polar surface area (TPSA) is 55.6 Å². The Morgan fingerprint density at radius 3 is 2.47 bits per heavy atom. The van der Waals surface area contributed by atoms with Gasteiger partial charge in [-0.15, -0.1) is 0 Å². The molecule has 4 nitrogen and oxygen atoms in total. The molecule has 0 aromatic carbocycles. The van der Waals surface area contributed by atoms with E-state index in [-0.39, 0.29) is 17.9 Å². The maximum absolute atomic E-state index is 11.8. The number of likely N-dealkylation sites (N-methyl/N-ethyl adjacent to an activating group) is 1. The van der Waals surface area contributed by atoms with Crippen LogP contribution >= 0.6 is 12.2 Å². The first kappa shape index (κ1) is 16.3. The van der Waals surface area contributed by atoms with Crippen LogP contribution in [0.15, 0.2) is 0 Å². The normalized spacial score (nSPS) is 14.4. The molecule has 0 radical (unpaired) electrons. The molecule has 0 saturated heterocycles. The summed E-state index contributed by atoms with van der Waals surface area (Å²) in [7, 11) is 1.91. The maximum Gasteiger partial charge on any atom is 0.323 e. The van der Waals surface area contributed by atoms with E-state index in [2.05, 4.69) is 6.92 Å². The molecule has 2 N–H and O–H groups in total. The molecule has 0 aliphatic rings. The maximum atomic E-state index is 11.8. The van der Waals surface area contributed by atoms with Crippen LogP contribution in [0.4, 0.5) is 0 Å². The standard InChI is InChI=1S/C12H24N2O2S/c1-5-7-10(12(15)16-6-2)14(4)8-9(3)11(13)17/h9-10H,5-8H2,1-4H3,(H2,13,17). The molecule has 2 unspecified atom stereocenters. The number of nitrogens with two attached hydrogens (primary N) is 1. The predicted molar refractivity (Wildman–Crippen MR) is 73.9 cm³/mol. The number of carbonyl (C=O) groups excluding carboxylic acids is 1. The minimum atomic E-state index is -0.197. The summed E-state index contributed by atoms with van der Waals surface area (Å²) < 4.78 is 5.08. The molecule has 0 aromatic heterocycles. The van der Waals surface area contributed by atoms with Gasteiger partial charge in [-0.3, -0.25) is 9.69 Å². The predicted octanol–water partition coefficient (Wildman–Crippen LogP) is 1.57. The smallest absolute Gasteiger partial charge is 0.323 e. The zero-order valence-corrected chi connectivity index (χ0v) is 12.0. The van der Waals surface area contributed by atoms with Gasteiger partial charge in [0.2, 0.25) is 0 Å². The fourth-order valence-electron chi connectivity index (χ4n) is 1.68. The number of esters is 1. The van der Waals surface area contributed by atoms with Gasteiger partial charge in [0.05, 0.1) is 11.6 Å². The number of thiocarbonyl (C=S) groups is 1. The second kappa shape index (κ2) is 8.42. The molecule has 0 rings (SSSR count). The van der Waals surface area contributed by atoms with Crippen molar-refractivity contribution in [1.29, 1.82) is 0 Å². The van der Waals surface area contributed by atoms with Crippen molar-refractivity contribution in [2.75, 3.05) is 20.2 Å². The summed E-state index contributed by atoms with van der Waals surface area (Å²) in [5, 5.41) is 0. The van der Waals surface area contributed by atoms with E-state index in [1.54, 1.807) is 0 Å². The van der Waals surface area contributed by atoms with Crippen molar-refractivity contribution in [2.45, 2.75) is 39.7 Å². The molecule has 100 valence electrons. The lowest BCUT2D eigenvalue weighted by molar-refractivity contribution is -0.149. The van der Waals surface area contributed by atoms with Gasteiger partial charge in [-0.1, -0.05) is 32.5 Å². The van der Waals surface area contributed by atoms with Crippen molar-refractivity contribution in [3.8, 4) is 0 Å². The summed E-state index contributed by atoms with van der Waals surface area (Å²) in [6, 6.07) is -0.197. The molecular formula is C12H24N2O2S. The molecule has 2 atom stereocenters. The highest BCUT2D eigenvalue weighted by molar-refractivity contribution is 7.80. The molecule has 0 amide bonds. The Labute approximate surface area is 109 Å². The van der Waals surface area contributed by atoms with E-state index in [4.69, 9.17) is 22.7 Å². The van der Waals surface area contributed by atoms with E-state index in [1.165, 1.54) is 0 Å². The Hall–Kier alpha value is -0.680. The molecule has 0 spiro atoms. The van der Waals surface area contributed by atoms with Gasteiger partial charge in [0, 0.05) is 12.5 Å². The van der Waals surface area contributed by atoms with E-state index in [0.717, 1.165) is 12.8 Å². The average Bonchev–Trinajstić information content (AvgIpc) is 2.25. The second-order valence-corrected chi connectivity index (χ2v) is 4.77. The molecule has 0 aliphatic carbocycles. The highest BCUT2D eigenvalue weighted by atomic mass is 32.1. The number of rotatable bonds is 8. The monoisotopic (exact) mass is 260 g/mol. The van der Waals surface area contributed by atoms with E-state index in [0.29, 0.717) is 18.1 Å². The number of hydrogen-bond acceptors (Lipinski definition) is 4. The van der Waals surface area contributed by atoms with Gasteiger partial charge in [-0.2, -0.15) is 0 Å². The minimum absolute atomic E-state index is 0.101. The number of ether oxygens (including phenoxy) is 1. The third kappa shape index (κ3) is 5.98. The minimum Gasteiger partial charge on any atom is -0.465 e. The van der Waals surface area contributed by atoms with Crippen molar-refractivity contribution in [1.82, 2.24) is 4.90 Å². The van der Waals surface area contributed by atoms with Crippen molar-refractivity contribution in [2.24, 2.45) is 11.7 Å². The van der Waals surface area contributed by atoms with E-state index < -0.39 is 0 Å². The van der Waals surface area contributed by atoms with E-state index in [9.17, 15) is 4.79 Å². The fraction of sp³-hybridized carbons (Fsp3) is 0.833. The third-order valence-electron chi connectivity index (χ3n) is 2.70. The van der Waals surface area contributed by atoms with Gasteiger partial charge in [0.15, 0.2) is 0 Å². The molecule has 0 aliphatic heterocycles. The highest BCUT2D eigenvalue weighted by Crippen LogP contribution is 2.10. The Morgan fingerprint density at radius 2 is 2.06 bits per heavy atom. The van der Waals surface area contributed by atoms with Crippen LogP contribution in [0.1, 0.15) is 33.6 Å². The van der Waals surface area contributed by atoms with Crippen LogP contribution in [-0.2, 0) is 9.53 Å². The van der Waals surface area contributed by atoms with Crippen molar-refractivity contribution < 1.29 is 9.53 Å². The molecule has 0 aromatic rings. The second-order valence-electron chi connectivity index (χ2n) is 4.30. The van der Waals surface area contributed by atoms with Crippen molar-refractivity contribution in [3.05, 3.63) is 0 Å². The lowest BCUT2D eigenvalue weighted by atomic mass is 10.1. The van der Waals surface area contributed by atoms with Gasteiger partial charge in [-0.05, 0) is 20.4 Å². The molecule has 5 heteroatoms. The van der Waals surface area contributed by atoms with Crippen LogP contribution in [0.5, 0.6) is 0 Å². The summed E-state index contributed by atoms with van der Waals surface area (Å²) in [5.41, 5.74) is 5.58. The Balaban J connectivity index is 4.47. The third-order valence-corrected chi connectivity index (χ3v) is 3.10. The highest BCUT2D eigenvalue weighted by Gasteiger charge is 2.25. The molecular weight excluding hydrogens is 236 g/mol. The van der Waals surface area contributed by atoms with Crippen LogP contribution in [0, 0.1) is 5.92 Å². The molecule has 17 heavy (non-hydrogen) atoms. The van der Waals surface area contributed by atoms with Crippen LogP contribution in [-0.4, -0.2) is 42.1 Å². The SMILES string of the molecule is CCCC(C(=O)OCC)N(C)CC(C)C(N)=S. The Bertz CT molecular complexity index is 259.